The molecule has 74 valence electrons. The molecule has 0 spiro atoms. The third-order valence-electron chi connectivity index (χ3n) is 2.15. The Morgan fingerprint density at radius 1 is 1.27 bits per heavy atom. The summed E-state index contributed by atoms with van der Waals surface area (Å²) >= 11 is 0. The van der Waals surface area contributed by atoms with Crippen molar-refractivity contribution >= 4 is 0 Å². The Labute approximate surface area is 88.0 Å². The van der Waals surface area contributed by atoms with Crippen LogP contribution in [0.3, 0.4) is 0 Å². The molecule has 15 heavy (non-hydrogen) atoms. The largest absolute Gasteiger partial charge is 0.448 e. The van der Waals surface area contributed by atoms with Gasteiger partial charge in [0.25, 0.3) is 0 Å². The SMILES string of the molecule is N#CCCc1ocnc1-c1ccccc1. The zero-order valence-electron chi connectivity index (χ0n) is 8.18. The van der Waals surface area contributed by atoms with Crippen molar-refractivity contribution in [2.24, 2.45) is 0 Å². The molecule has 0 amide bonds. The first-order chi connectivity index (χ1) is 7.42. The van der Waals surface area contributed by atoms with Gasteiger partial charge in [0, 0.05) is 18.4 Å². The molecule has 3 heteroatoms. The Morgan fingerprint density at radius 3 is 2.80 bits per heavy atom. The number of nitriles is 1. The molecule has 0 fully saturated rings. The minimum absolute atomic E-state index is 0.453. The Hall–Kier alpha value is -2.08. The van der Waals surface area contributed by atoms with E-state index in [2.05, 4.69) is 11.1 Å². The Morgan fingerprint density at radius 2 is 2.07 bits per heavy atom. The predicted octanol–water partition coefficient (Wildman–Crippen LogP) is 2.80. The molecule has 0 saturated heterocycles. The van der Waals surface area contributed by atoms with Crippen LogP contribution in [0.4, 0.5) is 0 Å². The summed E-state index contributed by atoms with van der Waals surface area (Å²) in [5, 5.41) is 8.51. The highest BCUT2D eigenvalue weighted by Crippen LogP contribution is 2.22. The molecule has 0 atom stereocenters. The lowest BCUT2D eigenvalue weighted by Gasteiger charge is -1.98. The molecular weight excluding hydrogens is 188 g/mol. The summed E-state index contributed by atoms with van der Waals surface area (Å²) in [4.78, 5) is 4.16. The van der Waals surface area contributed by atoms with Crippen LogP contribution in [-0.4, -0.2) is 4.98 Å². The number of hydrogen-bond acceptors (Lipinski definition) is 3. The molecule has 0 aliphatic heterocycles. The van der Waals surface area contributed by atoms with E-state index in [4.69, 9.17) is 9.68 Å². The molecule has 1 aromatic heterocycles. The molecule has 3 nitrogen and oxygen atoms in total. The van der Waals surface area contributed by atoms with Gasteiger partial charge in [-0.25, -0.2) is 4.98 Å². The van der Waals surface area contributed by atoms with Gasteiger partial charge in [0.15, 0.2) is 6.39 Å². The van der Waals surface area contributed by atoms with E-state index >= 15 is 0 Å². The highest BCUT2D eigenvalue weighted by molar-refractivity contribution is 5.60. The smallest absolute Gasteiger partial charge is 0.181 e. The van der Waals surface area contributed by atoms with Gasteiger partial charge in [-0.3, -0.25) is 0 Å². The van der Waals surface area contributed by atoms with Crippen LogP contribution in [0.2, 0.25) is 0 Å². The van der Waals surface area contributed by atoms with E-state index in [1.54, 1.807) is 0 Å². The van der Waals surface area contributed by atoms with Gasteiger partial charge in [-0.05, 0) is 0 Å². The highest BCUT2D eigenvalue weighted by atomic mass is 16.3. The summed E-state index contributed by atoms with van der Waals surface area (Å²) in [5.74, 6) is 0.780. The fourth-order valence-electron chi connectivity index (χ4n) is 1.45. The molecule has 0 radical (unpaired) electrons. The first-order valence-electron chi connectivity index (χ1n) is 4.76. The van der Waals surface area contributed by atoms with Crippen LogP contribution in [-0.2, 0) is 6.42 Å². The fraction of sp³-hybridized carbons (Fsp3) is 0.167. The molecule has 0 bridgehead atoms. The van der Waals surface area contributed by atoms with E-state index in [-0.39, 0.29) is 0 Å². The first kappa shape index (κ1) is 9.47. The number of benzene rings is 1. The van der Waals surface area contributed by atoms with Gasteiger partial charge in [-0.15, -0.1) is 0 Å². The lowest BCUT2D eigenvalue weighted by atomic mass is 10.1. The van der Waals surface area contributed by atoms with Crippen molar-refractivity contribution in [1.82, 2.24) is 4.98 Å². The van der Waals surface area contributed by atoms with Crippen LogP contribution in [0.5, 0.6) is 0 Å². The summed E-state index contributed by atoms with van der Waals surface area (Å²) < 4.78 is 5.26. The fourth-order valence-corrected chi connectivity index (χ4v) is 1.45. The number of rotatable bonds is 3. The number of oxazole rings is 1. The molecule has 1 heterocycles. The number of aryl methyl sites for hydroxylation is 1. The summed E-state index contributed by atoms with van der Waals surface area (Å²) in [7, 11) is 0. The molecule has 0 saturated carbocycles. The maximum absolute atomic E-state index is 8.51. The minimum Gasteiger partial charge on any atom is -0.448 e. The summed E-state index contributed by atoms with van der Waals surface area (Å²) in [6, 6.07) is 11.9. The van der Waals surface area contributed by atoms with Crippen molar-refractivity contribution in [2.45, 2.75) is 12.8 Å². The van der Waals surface area contributed by atoms with Gasteiger partial charge in [-0.2, -0.15) is 5.26 Å². The molecule has 0 aliphatic rings. The van der Waals surface area contributed by atoms with Gasteiger partial charge in [0.05, 0.1) is 6.07 Å². The van der Waals surface area contributed by atoms with Gasteiger partial charge < -0.3 is 4.42 Å². The standard InChI is InChI=1S/C12H10N2O/c13-8-4-7-11-12(14-9-15-11)10-5-2-1-3-6-10/h1-3,5-6,9H,4,7H2. The number of aromatic nitrogens is 1. The van der Waals surface area contributed by atoms with Crippen LogP contribution in [0.1, 0.15) is 12.2 Å². The van der Waals surface area contributed by atoms with Crippen LogP contribution < -0.4 is 0 Å². The molecule has 0 N–H and O–H groups in total. The van der Waals surface area contributed by atoms with Crippen molar-refractivity contribution in [2.75, 3.05) is 0 Å². The Balaban J connectivity index is 2.30. The highest BCUT2D eigenvalue weighted by Gasteiger charge is 2.09. The third kappa shape index (κ3) is 2.05. The molecule has 1 aromatic carbocycles. The van der Waals surface area contributed by atoms with Gasteiger partial charge in [-0.1, -0.05) is 30.3 Å². The lowest BCUT2D eigenvalue weighted by Crippen LogP contribution is -1.86. The summed E-state index contributed by atoms with van der Waals surface area (Å²) in [5.41, 5.74) is 1.87. The van der Waals surface area contributed by atoms with Gasteiger partial charge in [0.2, 0.25) is 0 Å². The van der Waals surface area contributed by atoms with E-state index in [1.807, 2.05) is 30.3 Å². The number of hydrogen-bond donors (Lipinski definition) is 0. The number of nitrogens with zero attached hydrogens (tertiary/aromatic N) is 2. The van der Waals surface area contributed by atoms with Crippen molar-refractivity contribution < 1.29 is 4.42 Å². The lowest BCUT2D eigenvalue weighted by molar-refractivity contribution is 0.505. The quantitative estimate of drug-likeness (QED) is 0.761. The Kier molecular flexibility index (Phi) is 2.80. The summed E-state index contributed by atoms with van der Waals surface area (Å²) in [6.07, 6.45) is 2.49. The average molecular weight is 198 g/mol. The predicted molar refractivity (Wildman–Crippen MR) is 55.9 cm³/mol. The molecule has 2 rings (SSSR count). The molecule has 0 aliphatic carbocycles. The van der Waals surface area contributed by atoms with Crippen LogP contribution in [0.25, 0.3) is 11.3 Å². The maximum atomic E-state index is 8.51. The van der Waals surface area contributed by atoms with E-state index in [0.717, 1.165) is 17.0 Å². The van der Waals surface area contributed by atoms with Gasteiger partial charge >= 0.3 is 0 Å². The van der Waals surface area contributed by atoms with E-state index in [9.17, 15) is 0 Å². The van der Waals surface area contributed by atoms with Crippen LogP contribution >= 0.6 is 0 Å². The topological polar surface area (TPSA) is 49.8 Å². The second-order valence-corrected chi connectivity index (χ2v) is 3.15. The van der Waals surface area contributed by atoms with Crippen LogP contribution in [0.15, 0.2) is 41.1 Å². The zero-order valence-corrected chi connectivity index (χ0v) is 8.18. The van der Waals surface area contributed by atoms with Crippen LogP contribution in [0, 0.1) is 11.3 Å². The van der Waals surface area contributed by atoms with E-state index in [0.29, 0.717) is 12.8 Å². The third-order valence-corrected chi connectivity index (χ3v) is 2.15. The normalized spacial score (nSPS) is 9.80. The van der Waals surface area contributed by atoms with Crippen molar-refractivity contribution in [3.8, 4) is 17.3 Å². The van der Waals surface area contributed by atoms with Crippen molar-refractivity contribution in [1.29, 1.82) is 5.26 Å². The monoisotopic (exact) mass is 198 g/mol. The zero-order chi connectivity index (χ0) is 10.5. The maximum Gasteiger partial charge on any atom is 0.181 e. The Bertz CT molecular complexity index is 468. The molecule has 0 unspecified atom stereocenters. The summed E-state index contributed by atoms with van der Waals surface area (Å²) in [6.45, 7) is 0. The second-order valence-electron chi connectivity index (χ2n) is 3.15. The van der Waals surface area contributed by atoms with E-state index < -0.39 is 0 Å². The van der Waals surface area contributed by atoms with Crippen molar-refractivity contribution in [3.05, 3.63) is 42.5 Å². The minimum atomic E-state index is 0.453. The average Bonchev–Trinajstić information content (AvgIpc) is 2.75. The second kappa shape index (κ2) is 4.43. The van der Waals surface area contributed by atoms with Gasteiger partial charge in [0.1, 0.15) is 11.5 Å². The van der Waals surface area contributed by atoms with Crippen molar-refractivity contribution in [3.63, 3.8) is 0 Å². The molecular formula is C12H10N2O. The van der Waals surface area contributed by atoms with E-state index in [1.165, 1.54) is 6.39 Å². The first-order valence-corrected chi connectivity index (χ1v) is 4.76. The molecule has 2 aromatic rings.